The van der Waals surface area contributed by atoms with Gasteiger partial charge in [-0.15, -0.1) is 0 Å². The molecule has 1 aromatic heterocycles. The molecule has 13 heteroatoms. The number of amides is 1. The van der Waals surface area contributed by atoms with E-state index in [0.717, 1.165) is 25.2 Å². The van der Waals surface area contributed by atoms with Crippen molar-refractivity contribution in [3.63, 3.8) is 0 Å². The second-order valence-electron chi connectivity index (χ2n) is 8.24. The van der Waals surface area contributed by atoms with Crippen molar-refractivity contribution in [2.45, 2.75) is 72.2 Å². The summed E-state index contributed by atoms with van der Waals surface area (Å²) in [6.45, 7) is 7.91. The van der Waals surface area contributed by atoms with Gasteiger partial charge >= 0.3 is 22.8 Å². The summed E-state index contributed by atoms with van der Waals surface area (Å²) in [5.41, 5.74) is 1.73. The van der Waals surface area contributed by atoms with Crippen molar-refractivity contribution in [2.75, 3.05) is 6.61 Å². The van der Waals surface area contributed by atoms with Crippen LogP contribution in [-0.4, -0.2) is 61.1 Å². The maximum atomic E-state index is 12.1. The van der Waals surface area contributed by atoms with Crippen LogP contribution < -0.4 is 15.0 Å². The summed E-state index contributed by atoms with van der Waals surface area (Å²) in [5.74, 6) is -2.21. The van der Waals surface area contributed by atoms with Crippen LogP contribution in [0.4, 0.5) is 0 Å². The summed E-state index contributed by atoms with van der Waals surface area (Å²) < 4.78 is 33.9. The molecule has 0 spiro atoms. The summed E-state index contributed by atoms with van der Waals surface area (Å²) in [6.07, 6.45) is -4.85. The summed E-state index contributed by atoms with van der Waals surface area (Å²) in [5, 5.41) is 2.64. The highest BCUT2D eigenvalue weighted by Gasteiger charge is 2.52. The summed E-state index contributed by atoms with van der Waals surface area (Å²) >= 11 is 0.894. The van der Waals surface area contributed by atoms with Gasteiger partial charge in [0, 0.05) is 33.8 Å². The molecule has 1 amide bonds. The van der Waals surface area contributed by atoms with E-state index in [1.807, 2.05) is 0 Å². The molecule has 1 aromatic carbocycles. The van der Waals surface area contributed by atoms with Gasteiger partial charge in [0.1, 0.15) is 24.5 Å². The Bertz CT molecular complexity index is 1230. The molecule has 36 heavy (non-hydrogen) atoms. The van der Waals surface area contributed by atoms with Crippen molar-refractivity contribution >= 4 is 45.4 Å². The van der Waals surface area contributed by atoms with Crippen molar-refractivity contribution in [3.05, 3.63) is 26.9 Å². The molecule has 5 atom stereocenters. The quantitative estimate of drug-likeness (QED) is 0.413. The third-order valence-electron chi connectivity index (χ3n) is 5.45. The van der Waals surface area contributed by atoms with E-state index in [0.29, 0.717) is 27.2 Å². The monoisotopic (exact) mass is 525 g/mol. The van der Waals surface area contributed by atoms with Crippen LogP contribution in [0.1, 0.15) is 38.8 Å². The molecule has 2 aromatic rings. The number of nitrogens with one attached hydrogen (secondary N) is 1. The second-order valence-corrected chi connectivity index (χ2v) is 9.22. The number of carbonyl (C=O) groups excluding carboxylic acids is 4. The van der Waals surface area contributed by atoms with Crippen molar-refractivity contribution in [2.24, 2.45) is 0 Å². The van der Waals surface area contributed by atoms with Crippen LogP contribution in [0.3, 0.4) is 0 Å². The first kappa shape index (κ1) is 27.1. The molecule has 2 heterocycles. The fraction of sp³-hybridized carbons (Fsp3) is 0.522. The van der Waals surface area contributed by atoms with Gasteiger partial charge in [0.05, 0.1) is 4.70 Å². The number of benzene rings is 1. The largest absolute Gasteiger partial charge is 0.463 e. The van der Waals surface area contributed by atoms with Gasteiger partial charge in [0.15, 0.2) is 17.8 Å². The number of hydrogen-bond donors (Lipinski definition) is 1. The molecule has 1 N–H and O–H groups in total. The summed E-state index contributed by atoms with van der Waals surface area (Å²) in [6, 6.07) is 0.476. The Morgan fingerprint density at radius 3 is 2.19 bits per heavy atom. The van der Waals surface area contributed by atoms with Gasteiger partial charge in [0.25, 0.3) is 0 Å². The lowest BCUT2D eigenvalue weighted by atomic mass is 9.96. The third-order valence-corrected chi connectivity index (χ3v) is 6.22. The van der Waals surface area contributed by atoms with Gasteiger partial charge in [0.2, 0.25) is 12.2 Å². The molecule has 1 aliphatic rings. The molecule has 0 bridgehead atoms. The van der Waals surface area contributed by atoms with Crippen molar-refractivity contribution < 1.29 is 47.3 Å². The predicted molar refractivity (Wildman–Crippen MR) is 124 cm³/mol. The second kappa shape index (κ2) is 11.1. The first-order valence-corrected chi connectivity index (χ1v) is 11.8. The maximum absolute atomic E-state index is 12.1. The SMILES string of the molecule is CC(=O)N[C@H]1[C@@H](Oc2cc3sc(=O)oc3c(C)c2C)O[C@@H](COC(C)=O)[C@@H](OC(C)=O)[C@@H]1OC(C)=O. The molecule has 1 fully saturated rings. The summed E-state index contributed by atoms with van der Waals surface area (Å²) in [4.78, 5) is 58.7. The highest BCUT2D eigenvalue weighted by atomic mass is 32.1. The highest BCUT2D eigenvalue weighted by molar-refractivity contribution is 7.16. The van der Waals surface area contributed by atoms with E-state index in [-0.39, 0.29) is 6.61 Å². The zero-order valence-electron chi connectivity index (χ0n) is 20.6. The average molecular weight is 526 g/mol. The first-order valence-electron chi connectivity index (χ1n) is 11.0. The molecule has 0 saturated carbocycles. The molecule has 12 nitrogen and oxygen atoms in total. The Kier molecular flexibility index (Phi) is 8.35. The van der Waals surface area contributed by atoms with Crippen LogP contribution in [0.15, 0.2) is 15.3 Å². The number of hydrogen-bond acceptors (Lipinski definition) is 12. The highest BCUT2D eigenvalue weighted by Crippen LogP contribution is 2.35. The van der Waals surface area contributed by atoms with E-state index in [1.54, 1.807) is 19.9 Å². The fourth-order valence-electron chi connectivity index (χ4n) is 3.87. The van der Waals surface area contributed by atoms with Gasteiger partial charge < -0.3 is 33.4 Å². The van der Waals surface area contributed by atoms with Crippen LogP contribution in [0.2, 0.25) is 0 Å². The number of rotatable bonds is 7. The zero-order chi connectivity index (χ0) is 26.7. The maximum Gasteiger partial charge on any atom is 0.396 e. The van der Waals surface area contributed by atoms with E-state index in [1.165, 1.54) is 13.8 Å². The Balaban J connectivity index is 2.07. The predicted octanol–water partition coefficient (Wildman–Crippen LogP) is 1.51. The molecule has 1 aliphatic heterocycles. The number of carbonyl (C=O) groups is 4. The number of esters is 3. The van der Waals surface area contributed by atoms with Crippen molar-refractivity contribution in [1.29, 1.82) is 0 Å². The Morgan fingerprint density at radius 1 is 0.972 bits per heavy atom. The van der Waals surface area contributed by atoms with E-state index >= 15 is 0 Å². The van der Waals surface area contributed by atoms with Gasteiger partial charge in [-0.3, -0.25) is 19.2 Å². The molecule has 3 rings (SSSR count). The number of aryl methyl sites for hydroxylation is 1. The summed E-state index contributed by atoms with van der Waals surface area (Å²) in [7, 11) is 0. The normalized spacial score (nSPS) is 23.6. The van der Waals surface area contributed by atoms with E-state index in [2.05, 4.69) is 5.32 Å². The lowest BCUT2D eigenvalue weighted by molar-refractivity contribution is -0.257. The molecule has 0 unspecified atom stereocenters. The molecule has 1 saturated heterocycles. The van der Waals surface area contributed by atoms with Crippen LogP contribution in [-0.2, 0) is 38.1 Å². The van der Waals surface area contributed by atoms with Gasteiger partial charge in [-0.05, 0) is 25.0 Å². The number of ether oxygens (including phenoxy) is 5. The van der Waals surface area contributed by atoms with E-state index < -0.39 is 59.4 Å². The van der Waals surface area contributed by atoms with Crippen LogP contribution in [0.25, 0.3) is 10.3 Å². The fourth-order valence-corrected chi connectivity index (χ4v) is 4.63. The minimum absolute atomic E-state index is 0.316. The van der Waals surface area contributed by atoms with Crippen molar-refractivity contribution in [1.82, 2.24) is 5.32 Å². The average Bonchev–Trinajstić information content (AvgIpc) is 3.13. The minimum Gasteiger partial charge on any atom is -0.463 e. The van der Waals surface area contributed by atoms with Gasteiger partial charge in [-0.1, -0.05) is 11.3 Å². The molecular formula is C23H27NO11S. The van der Waals surface area contributed by atoms with Crippen LogP contribution in [0.5, 0.6) is 5.75 Å². The third kappa shape index (κ3) is 6.21. The molecule has 196 valence electrons. The smallest absolute Gasteiger partial charge is 0.396 e. The molecular weight excluding hydrogens is 498 g/mol. The van der Waals surface area contributed by atoms with Crippen molar-refractivity contribution in [3.8, 4) is 5.75 Å². The van der Waals surface area contributed by atoms with E-state index in [9.17, 15) is 24.0 Å². The standard InChI is InChI=1S/C23H27NO11S/c1-9-10(2)19-17(36-23(29)35-19)7-15(9)33-22-18(24-11(3)25)21(32-14(6)28)20(31-13(5)27)16(34-22)8-30-12(4)26/h7,16,18,20-22H,8H2,1-6H3,(H,24,25)/t16-,18+,20+,21+,22-/m0/s1. The lowest BCUT2D eigenvalue weighted by Crippen LogP contribution is -2.67. The van der Waals surface area contributed by atoms with Crippen LogP contribution >= 0.6 is 11.3 Å². The number of fused-ring (bicyclic) bond motifs is 1. The Labute approximate surface area is 209 Å². The molecule has 0 radical (unpaired) electrons. The lowest BCUT2D eigenvalue weighted by Gasteiger charge is -2.44. The Morgan fingerprint density at radius 2 is 1.61 bits per heavy atom. The zero-order valence-corrected chi connectivity index (χ0v) is 21.4. The van der Waals surface area contributed by atoms with Crippen LogP contribution in [0, 0.1) is 13.8 Å². The Hall–Kier alpha value is -3.45. The topological polar surface area (TPSA) is 157 Å². The minimum atomic E-state index is -1.27. The van der Waals surface area contributed by atoms with Gasteiger partial charge in [-0.2, -0.15) is 0 Å². The van der Waals surface area contributed by atoms with Gasteiger partial charge in [-0.25, -0.2) is 4.79 Å². The first-order chi connectivity index (χ1) is 16.9. The van der Waals surface area contributed by atoms with E-state index in [4.69, 9.17) is 28.1 Å². The molecule has 0 aliphatic carbocycles.